The van der Waals surface area contributed by atoms with E-state index in [2.05, 4.69) is 11.9 Å². The van der Waals surface area contributed by atoms with Crippen molar-refractivity contribution < 1.29 is 28.9 Å². The zero-order valence-corrected chi connectivity index (χ0v) is 21.1. The Labute approximate surface area is 216 Å². The fraction of sp³-hybridized carbons (Fsp3) is 0.276. The van der Waals surface area contributed by atoms with Gasteiger partial charge in [0.05, 0.1) is 32.4 Å². The van der Waals surface area contributed by atoms with Crippen LogP contribution >= 0.6 is 0 Å². The largest absolute Gasteiger partial charge is 0.507 e. The molecule has 0 aliphatic carbocycles. The number of ether oxygens (including phenoxy) is 3. The number of carbonyl (C=O) groups is 2. The molecule has 37 heavy (non-hydrogen) atoms. The van der Waals surface area contributed by atoms with Gasteiger partial charge in [0.15, 0.2) is 0 Å². The maximum atomic E-state index is 13.4. The number of carbonyl (C=O) groups excluding carboxylic acids is 2. The number of rotatable bonds is 10. The predicted molar refractivity (Wildman–Crippen MR) is 138 cm³/mol. The summed E-state index contributed by atoms with van der Waals surface area (Å²) in [6.07, 6.45) is 5.23. The van der Waals surface area contributed by atoms with E-state index in [0.29, 0.717) is 35.0 Å². The van der Waals surface area contributed by atoms with E-state index in [1.54, 1.807) is 68.0 Å². The summed E-state index contributed by atoms with van der Waals surface area (Å²) in [6, 6.07) is 14.7. The first-order valence-electron chi connectivity index (χ1n) is 12.1. The molecule has 3 aromatic rings. The minimum absolute atomic E-state index is 0.0167. The van der Waals surface area contributed by atoms with Crippen LogP contribution in [-0.4, -0.2) is 47.5 Å². The van der Waals surface area contributed by atoms with Crippen LogP contribution in [0.1, 0.15) is 42.5 Å². The van der Waals surface area contributed by atoms with Gasteiger partial charge >= 0.3 is 0 Å². The summed E-state index contributed by atoms with van der Waals surface area (Å²) in [5, 5.41) is 11.4. The number of ketones is 1. The fourth-order valence-corrected chi connectivity index (χ4v) is 4.30. The summed E-state index contributed by atoms with van der Waals surface area (Å²) >= 11 is 0. The molecular formula is C29H30N2O6. The second-order valence-electron chi connectivity index (χ2n) is 8.62. The summed E-state index contributed by atoms with van der Waals surface area (Å²) in [4.78, 5) is 32.2. The van der Waals surface area contributed by atoms with Crippen molar-refractivity contribution in [1.82, 2.24) is 9.88 Å². The molecule has 4 rings (SSSR count). The number of pyridine rings is 1. The highest BCUT2D eigenvalue weighted by Crippen LogP contribution is 2.44. The third-order valence-corrected chi connectivity index (χ3v) is 6.25. The number of nitrogens with zero attached hydrogens (tertiary/aromatic N) is 2. The van der Waals surface area contributed by atoms with Crippen molar-refractivity contribution in [2.45, 2.75) is 32.4 Å². The molecule has 0 unspecified atom stereocenters. The normalized spacial score (nSPS) is 16.6. The lowest BCUT2D eigenvalue weighted by atomic mass is 9.94. The van der Waals surface area contributed by atoms with E-state index in [0.717, 1.165) is 18.4 Å². The Morgan fingerprint density at radius 2 is 1.78 bits per heavy atom. The molecule has 2 heterocycles. The second kappa shape index (κ2) is 11.6. The Kier molecular flexibility index (Phi) is 8.08. The summed E-state index contributed by atoms with van der Waals surface area (Å²) in [5.41, 5.74) is 1.68. The SMILES string of the molecule is CCCCOc1ccc(/C(O)=C2\C(=O)C(=O)N(Cc3cccnc3)[C@@H]2c2ccc(OC)cc2OC)cc1. The van der Waals surface area contributed by atoms with Gasteiger partial charge in [0.2, 0.25) is 0 Å². The highest BCUT2D eigenvalue weighted by molar-refractivity contribution is 6.46. The van der Waals surface area contributed by atoms with E-state index in [1.165, 1.54) is 12.0 Å². The lowest BCUT2D eigenvalue weighted by Crippen LogP contribution is -2.29. The summed E-state index contributed by atoms with van der Waals surface area (Å²) in [5.74, 6) is -0.109. The fourth-order valence-electron chi connectivity index (χ4n) is 4.30. The molecule has 1 atom stereocenters. The van der Waals surface area contributed by atoms with Crippen LogP contribution in [0.3, 0.4) is 0 Å². The number of amides is 1. The number of methoxy groups -OCH3 is 2. The van der Waals surface area contributed by atoms with E-state index in [4.69, 9.17) is 14.2 Å². The van der Waals surface area contributed by atoms with Gasteiger partial charge in [0.25, 0.3) is 11.7 Å². The molecule has 8 nitrogen and oxygen atoms in total. The standard InChI is InChI=1S/C29H30N2O6/c1-4-5-15-37-21-10-8-20(9-11-21)27(32)25-26(23-13-12-22(35-2)16-24(23)36-3)31(29(34)28(25)33)18-19-7-6-14-30-17-19/h6-14,16-17,26,32H,4-5,15,18H2,1-3H3/b27-25+/t26-/m1/s1. The molecule has 0 bridgehead atoms. The van der Waals surface area contributed by atoms with Crippen LogP contribution < -0.4 is 14.2 Å². The van der Waals surface area contributed by atoms with Crippen LogP contribution in [0.2, 0.25) is 0 Å². The molecule has 1 amide bonds. The Balaban J connectivity index is 1.80. The van der Waals surface area contributed by atoms with Crippen LogP contribution in [0.25, 0.3) is 5.76 Å². The van der Waals surface area contributed by atoms with Crippen molar-refractivity contribution in [2.24, 2.45) is 0 Å². The van der Waals surface area contributed by atoms with E-state index < -0.39 is 17.7 Å². The van der Waals surface area contributed by atoms with Crippen LogP contribution in [0.5, 0.6) is 17.2 Å². The van der Waals surface area contributed by atoms with Gasteiger partial charge in [0.1, 0.15) is 23.0 Å². The molecule has 1 saturated heterocycles. The van der Waals surface area contributed by atoms with Gasteiger partial charge < -0.3 is 24.2 Å². The number of unbranched alkanes of at least 4 members (excludes halogenated alkanes) is 1. The van der Waals surface area contributed by atoms with Gasteiger partial charge in [-0.3, -0.25) is 14.6 Å². The number of likely N-dealkylation sites (tertiary alicyclic amines) is 1. The molecule has 192 valence electrons. The number of benzene rings is 2. The van der Waals surface area contributed by atoms with Crippen LogP contribution in [-0.2, 0) is 16.1 Å². The number of aliphatic hydroxyl groups is 1. The maximum Gasteiger partial charge on any atom is 0.295 e. The predicted octanol–water partition coefficient (Wildman–Crippen LogP) is 4.90. The van der Waals surface area contributed by atoms with Gasteiger partial charge in [-0.15, -0.1) is 0 Å². The molecule has 0 radical (unpaired) electrons. The van der Waals surface area contributed by atoms with Crippen molar-refractivity contribution in [1.29, 1.82) is 0 Å². The van der Waals surface area contributed by atoms with E-state index in [9.17, 15) is 14.7 Å². The minimum Gasteiger partial charge on any atom is -0.507 e. The first-order chi connectivity index (χ1) is 18.0. The maximum absolute atomic E-state index is 13.4. The average molecular weight is 503 g/mol. The zero-order valence-electron chi connectivity index (χ0n) is 21.1. The average Bonchev–Trinajstić information content (AvgIpc) is 3.18. The molecule has 1 aliphatic heterocycles. The van der Waals surface area contributed by atoms with E-state index >= 15 is 0 Å². The summed E-state index contributed by atoms with van der Waals surface area (Å²) in [7, 11) is 3.04. The smallest absolute Gasteiger partial charge is 0.295 e. The summed E-state index contributed by atoms with van der Waals surface area (Å²) in [6.45, 7) is 2.81. The molecule has 8 heteroatoms. The Morgan fingerprint density at radius 3 is 2.43 bits per heavy atom. The van der Waals surface area contributed by atoms with Crippen LogP contribution in [0.15, 0.2) is 72.6 Å². The van der Waals surface area contributed by atoms with Crippen molar-refractivity contribution >= 4 is 17.4 Å². The van der Waals surface area contributed by atoms with Crippen molar-refractivity contribution in [2.75, 3.05) is 20.8 Å². The van der Waals surface area contributed by atoms with Gasteiger partial charge in [-0.25, -0.2) is 0 Å². The lowest BCUT2D eigenvalue weighted by molar-refractivity contribution is -0.140. The van der Waals surface area contributed by atoms with Crippen LogP contribution in [0.4, 0.5) is 0 Å². The third-order valence-electron chi connectivity index (χ3n) is 6.25. The lowest BCUT2D eigenvalue weighted by Gasteiger charge is -2.26. The summed E-state index contributed by atoms with van der Waals surface area (Å²) < 4.78 is 16.6. The first-order valence-corrected chi connectivity index (χ1v) is 12.1. The molecule has 0 saturated carbocycles. The Hall–Kier alpha value is -4.33. The quantitative estimate of drug-likeness (QED) is 0.182. The molecule has 1 aliphatic rings. The second-order valence-corrected chi connectivity index (χ2v) is 8.62. The van der Waals surface area contributed by atoms with Crippen molar-refractivity contribution in [3.63, 3.8) is 0 Å². The molecular weight excluding hydrogens is 472 g/mol. The first kappa shape index (κ1) is 25.8. The van der Waals surface area contributed by atoms with Crippen LogP contribution in [0, 0.1) is 0 Å². The zero-order chi connectivity index (χ0) is 26.4. The molecule has 2 aromatic carbocycles. The van der Waals surface area contributed by atoms with Crippen molar-refractivity contribution in [3.8, 4) is 17.2 Å². The highest BCUT2D eigenvalue weighted by atomic mass is 16.5. The van der Waals surface area contributed by atoms with Gasteiger partial charge in [0, 0.05) is 36.1 Å². The Bertz CT molecular complexity index is 1290. The van der Waals surface area contributed by atoms with Crippen molar-refractivity contribution in [3.05, 3.63) is 89.3 Å². The third kappa shape index (κ3) is 5.43. The minimum atomic E-state index is -0.887. The molecule has 1 aromatic heterocycles. The Morgan fingerprint density at radius 1 is 1.03 bits per heavy atom. The monoisotopic (exact) mass is 502 g/mol. The van der Waals surface area contributed by atoms with Gasteiger partial charge in [-0.1, -0.05) is 19.4 Å². The van der Waals surface area contributed by atoms with Gasteiger partial charge in [-0.05, 0) is 54.4 Å². The highest BCUT2D eigenvalue weighted by Gasteiger charge is 2.47. The van der Waals surface area contributed by atoms with Gasteiger partial charge in [-0.2, -0.15) is 0 Å². The number of Topliss-reactive ketones (excluding diaryl/α,β-unsaturated/α-hetero) is 1. The molecule has 1 fully saturated rings. The topological polar surface area (TPSA) is 98.2 Å². The number of aromatic nitrogens is 1. The van der Waals surface area contributed by atoms with E-state index in [-0.39, 0.29) is 17.9 Å². The number of hydrogen-bond acceptors (Lipinski definition) is 7. The number of aliphatic hydroxyl groups excluding tert-OH is 1. The van der Waals surface area contributed by atoms with E-state index in [1.807, 2.05) is 6.07 Å². The number of hydrogen-bond donors (Lipinski definition) is 1. The molecule has 1 N–H and O–H groups in total. The molecule has 0 spiro atoms.